The molecule has 0 fully saturated rings. The number of aryl methyl sites for hydroxylation is 2. The van der Waals surface area contributed by atoms with Crippen LogP contribution in [0.5, 0.6) is 11.5 Å². The van der Waals surface area contributed by atoms with Gasteiger partial charge in [-0.15, -0.1) is 12.4 Å². The maximum Gasteiger partial charge on any atom is 0.165 e. The van der Waals surface area contributed by atoms with Gasteiger partial charge < -0.3 is 14.8 Å². The van der Waals surface area contributed by atoms with Gasteiger partial charge in [0.2, 0.25) is 0 Å². The lowest BCUT2D eigenvalue weighted by Gasteiger charge is -2.20. The predicted octanol–water partition coefficient (Wildman–Crippen LogP) is 5.23. The van der Waals surface area contributed by atoms with Crippen LogP contribution in [0.1, 0.15) is 50.1 Å². The summed E-state index contributed by atoms with van der Waals surface area (Å²) in [6, 6.07) is 6.32. The SMILES string of the molecule is CCC(CC)Nc1c2c(nc3c(-c4ccc(OC)cc4OC)c(C)nn13)CCC2.Cl. The zero-order chi connectivity index (χ0) is 20.5. The number of halogens is 1. The highest BCUT2D eigenvalue weighted by atomic mass is 35.5. The third-order valence-electron chi connectivity index (χ3n) is 5.97. The van der Waals surface area contributed by atoms with E-state index >= 15 is 0 Å². The van der Waals surface area contributed by atoms with Crippen LogP contribution < -0.4 is 14.8 Å². The van der Waals surface area contributed by atoms with E-state index in [1.54, 1.807) is 14.2 Å². The number of nitrogens with zero attached hydrogens (tertiary/aromatic N) is 3. The standard InChI is InChI=1S/C23H30N4O2.ClH/c1-6-15(7-2)24-22-17-9-8-10-19(17)25-23-21(14(3)26-27(22)23)18-12-11-16(28-4)13-20(18)29-5;/h11-13,15,24H,6-10H2,1-5H3;1H. The highest BCUT2D eigenvalue weighted by Crippen LogP contribution is 2.39. The second-order valence-corrected chi connectivity index (χ2v) is 7.66. The number of nitrogens with one attached hydrogen (secondary N) is 1. The van der Waals surface area contributed by atoms with Crippen LogP contribution in [0.2, 0.25) is 0 Å². The van der Waals surface area contributed by atoms with Crippen LogP contribution in [-0.2, 0) is 12.8 Å². The van der Waals surface area contributed by atoms with E-state index < -0.39 is 0 Å². The molecule has 3 aromatic rings. The lowest BCUT2D eigenvalue weighted by Crippen LogP contribution is -2.21. The molecule has 0 amide bonds. The zero-order valence-electron chi connectivity index (χ0n) is 18.4. The number of aromatic nitrogens is 3. The second kappa shape index (κ2) is 9.13. The Morgan fingerprint density at radius 2 is 1.90 bits per heavy atom. The molecule has 1 aromatic carbocycles. The number of benzene rings is 1. The number of methoxy groups -OCH3 is 2. The summed E-state index contributed by atoms with van der Waals surface area (Å²) in [6.45, 7) is 6.49. The van der Waals surface area contributed by atoms with Gasteiger partial charge in [-0.2, -0.15) is 9.61 Å². The molecule has 0 aliphatic heterocycles. The lowest BCUT2D eigenvalue weighted by atomic mass is 10.0. The highest BCUT2D eigenvalue weighted by Gasteiger charge is 2.26. The Balaban J connectivity index is 0.00000256. The van der Waals surface area contributed by atoms with Gasteiger partial charge in [-0.25, -0.2) is 4.98 Å². The van der Waals surface area contributed by atoms with Crippen LogP contribution in [0.3, 0.4) is 0 Å². The minimum atomic E-state index is 0. The van der Waals surface area contributed by atoms with E-state index in [4.69, 9.17) is 19.6 Å². The molecular formula is C23H31ClN4O2. The molecule has 0 saturated heterocycles. The third-order valence-corrected chi connectivity index (χ3v) is 5.97. The summed E-state index contributed by atoms with van der Waals surface area (Å²) in [4.78, 5) is 5.06. The van der Waals surface area contributed by atoms with Crippen molar-refractivity contribution in [2.45, 2.75) is 58.9 Å². The molecule has 2 heterocycles. The maximum atomic E-state index is 5.68. The van der Waals surface area contributed by atoms with Crippen molar-refractivity contribution in [1.82, 2.24) is 14.6 Å². The molecule has 2 aromatic heterocycles. The second-order valence-electron chi connectivity index (χ2n) is 7.66. The van der Waals surface area contributed by atoms with Crippen LogP contribution in [-0.4, -0.2) is 34.9 Å². The molecule has 0 radical (unpaired) electrons. The first kappa shape index (κ1) is 22.2. The number of fused-ring (bicyclic) bond motifs is 2. The van der Waals surface area contributed by atoms with Crippen molar-refractivity contribution in [2.75, 3.05) is 19.5 Å². The Hall–Kier alpha value is -2.47. The number of hydrogen-bond acceptors (Lipinski definition) is 5. The van der Waals surface area contributed by atoms with E-state index in [1.807, 2.05) is 29.6 Å². The van der Waals surface area contributed by atoms with Crippen LogP contribution in [0.4, 0.5) is 5.82 Å². The van der Waals surface area contributed by atoms with Crippen LogP contribution in [0.25, 0.3) is 16.8 Å². The first-order valence-corrected chi connectivity index (χ1v) is 10.5. The maximum absolute atomic E-state index is 5.68. The third kappa shape index (κ3) is 3.69. The number of rotatable bonds is 7. The number of ether oxygens (including phenoxy) is 2. The van der Waals surface area contributed by atoms with Gasteiger partial charge in [-0.05, 0) is 51.2 Å². The van der Waals surface area contributed by atoms with Gasteiger partial charge in [0.15, 0.2) is 5.65 Å². The van der Waals surface area contributed by atoms with E-state index in [0.717, 1.165) is 71.9 Å². The zero-order valence-corrected chi connectivity index (χ0v) is 19.2. The molecule has 0 atom stereocenters. The predicted molar refractivity (Wildman–Crippen MR) is 124 cm³/mol. The van der Waals surface area contributed by atoms with Gasteiger partial charge in [-0.1, -0.05) is 13.8 Å². The van der Waals surface area contributed by atoms with E-state index in [9.17, 15) is 0 Å². The molecule has 6 nitrogen and oxygen atoms in total. The molecule has 0 spiro atoms. The largest absolute Gasteiger partial charge is 0.497 e. The van der Waals surface area contributed by atoms with Gasteiger partial charge >= 0.3 is 0 Å². The fraction of sp³-hybridized carbons (Fsp3) is 0.478. The summed E-state index contributed by atoms with van der Waals surface area (Å²) < 4.78 is 13.1. The van der Waals surface area contributed by atoms with Crippen molar-refractivity contribution in [1.29, 1.82) is 0 Å². The monoisotopic (exact) mass is 430 g/mol. The summed E-state index contributed by atoms with van der Waals surface area (Å²) in [6.07, 6.45) is 5.38. The highest BCUT2D eigenvalue weighted by molar-refractivity contribution is 5.86. The van der Waals surface area contributed by atoms with E-state index in [0.29, 0.717) is 6.04 Å². The molecule has 1 aliphatic carbocycles. The quantitative estimate of drug-likeness (QED) is 0.555. The van der Waals surface area contributed by atoms with Gasteiger partial charge in [0, 0.05) is 28.9 Å². The van der Waals surface area contributed by atoms with Crippen molar-refractivity contribution in [2.24, 2.45) is 0 Å². The van der Waals surface area contributed by atoms with Crippen molar-refractivity contribution in [3.8, 4) is 22.6 Å². The first-order chi connectivity index (χ1) is 14.1. The normalized spacial score (nSPS) is 12.7. The van der Waals surface area contributed by atoms with Crippen LogP contribution in [0.15, 0.2) is 18.2 Å². The summed E-state index contributed by atoms with van der Waals surface area (Å²) in [5.74, 6) is 2.64. The van der Waals surface area contributed by atoms with Gasteiger partial charge in [0.25, 0.3) is 0 Å². The molecule has 0 unspecified atom stereocenters. The molecule has 1 aliphatic rings. The topological polar surface area (TPSA) is 60.7 Å². The Bertz CT molecular complexity index is 1040. The lowest BCUT2D eigenvalue weighted by molar-refractivity contribution is 0.395. The minimum absolute atomic E-state index is 0. The average Bonchev–Trinajstić information content (AvgIpc) is 3.34. The summed E-state index contributed by atoms with van der Waals surface area (Å²) in [7, 11) is 3.35. The molecule has 0 saturated carbocycles. The van der Waals surface area contributed by atoms with Gasteiger partial charge in [0.1, 0.15) is 17.3 Å². The van der Waals surface area contributed by atoms with E-state index in [-0.39, 0.29) is 12.4 Å². The van der Waals surface area contributed by atoms with Gasteiger partial charge in [0.05, 0.1) is 25.5 Å². The summed E-state index contributed by atoms with van der Waals surface area (Å²) >= 11 is 0. The van der Waals surface area contributed by atoms with Crippen LogP contribution in [0, 0.1) is 6.92 Å². The van der Waals surface area contributed by atoms with Crippen molar-refractivity contribution < 1.29 is 9.47 Å². The smallest absolute Gasteiger partial charge is 0.165 e. The molecule has 4 rings (SSSR count). The fourth-order valence-electron chi connectivity index (χ4n) is 4.29. The fourth-order valence-corrected chi connectivity index (χ4v) is 4.29. The Morgan fingerprint density at radius 1 is 1.13 bits per heavy atom. The first-order valence-electron chi connectivity index (χ1n) is 10.5. The molecule has 7 heteroatoms. The summed E-state index contributed by atoms with van der Waals surface area (Å²) in [5, 5.41) is 8.68. The molecule has 1 N–H and O–H groups in total. The van der Waals surface area contributed by atoms with Gasteiger partial charge in [-0.3, -0.25) is 0 Å². The average molecular weight is 431 g/mol. The summed E-state index contributed by atoms with van der Waals surface area (Å²) in [5.41, 5.74) is 6.35. The molecule has 0 bridgehead atoms. The Morgan fingerprint density at radius 3 is 2.57 bits per heavy atom. The van der Waals surface area contributed by atoms with Crippen molar-refractivity contribution in [3.63, 3.8) is 0 Å². The number of hydrogen-bond donors (Lipinski definition) is 1. The van der Waals surface area contributed by atoms with Crippen molar-refractivity contribution >= 4 is 23.9 Å². The van der Waals surface area contributed by atoms with E-state index in [2.05, 4.69) is 19.2 Å². The Kier molecular flexibility index (Phi) is 6.76. The minimum Gasteiger partial charge on any atom is -0.497 e. The molecule has 30 heavy (non-hydrogen) atoms. The van der Waals surface area contributed by atoms with Crippen molar-refractivity contribution in [3.05, 3.63) is 35.2 Å². The Labute approximate surface area is 184 Å². The molecule has 162 valence electrons. The van der Waals surface area contributed by atoms with E-state index in [1.165, 1.54) is 11.3 Å². The number of anilines is 1. The molecular weight excluding hydrogens is 400 g/mol. The van der Waals surface area contributed by atoms with Crippen LogP contribution >= 0.6 is 12.4 Å².